The molecule has 0 aliphatic carbocycles. The van der Waals surface area contributed by atoms with Gasteiger partial charge in [0.25, 0.3) is 0 Å². The summed E-state index contributed by atoms with van der Waals surface area (Å²) in [5.41, 5.74) is 6.14. The van der Waals surface area contributed by atoms with Crippen LogP contribution in [0.1, 0.15) is 0 Å². The predicted octanol–water partition coefficient (Wildman–Crippen LogP) is -0.424. The van der Waals surface area contributed by atoms with Gasteiger partial charge in [0.05, 0.1) is 31.3 Å². The van der Waals surface area contributed by atoms with Crippen LogP contribution in [0.2, 0.25) is 0 Å². The molecule has 1 rings (SSSR count). The van der Waals surface area contributed by atoms with E-state index >= 15 is 0 Å². The topological polar surface area (TPSA) is 111 Å². The van der Waals surface area contributed by atoms with E-state index in [9.17, 15) is 8.42 Å². The zero-order valence-corrected chi connectivity index (χ0v) is 11.9. The number of nitrogens with one attached hydrogen (secondary N) is 1. The minimum absolute atomic E-state index is 0.0149. The summed E-state index contributed by atoms with van der Waals surface area (Å²) in [4.78, 5) is 0. The average molecular weight is 304 g/mol. The molecular formula is C12H20N2O5S. The maximum atomic E-state index is 11.6. The van der Waals surface area contributed by atoms with Gasteiger partial charge in [0.2, 0.25) is 10.0 Å². The molecule has 0 saturated heterocycles. The number of aliphatic hydroxyl groups is 1. The van der Waals surface area contributed by atoms with Gasteiger partial charge in [-0.15, -0.1) is 0 Å². The highest BCUT2D eigenvalue weighted by molar-refractivity contribution is 7.89. The lowest BCUT2D eigenvalue weighted by molar-refractivity contribution is 0.0961. The van der Waals surface area contributed by atoms with Gasteiger partial charge < -0.3 is 20.3 Å². The van der Waals surface area contributed by atoms with Crippen molar-refractivity contribution in [3.63, 3.8) is 0 Å². The molecule has 8 heteroatoms. The normalized spacial score (nSPS) is 11.4. The van der Waals surface area contributed by atoms with Crippen LogP contribution < -0.4 is 15.2 Å². The second kappa shape index (κ2) is 8.75. The molecule has 4 N–H and O–H groups in total. The van der Waals surface area contributed by atoms with Crippen LogP contribution in [0.3, 0.4) is 0 Å². The number of sulfonamides is 1. The maximum absolute atomic E-state index is 11.6. The fourth-order valence-electron chi connectivity index (χ4n) is 1.38. The van der Waals surface area contributed by atoms with Crippen molar-refractivity contribution in [3.05, 3.63) is 24.3 Å². The van der Waals surface area contributed by atoms with Crippen molar-refractivity contribution in [1.82, 2.24) is 4.72 Å². The van der Waals surface area contributed by atoms with Crippen molar-refractivity contribution in [2.24, 2.45) is 0 Å². The van der Waals surface area contributed by atoms with Crippen LogP contribution in [0.15, 0.2) is 24.3 Å². The van der Waals surface area contributed by atoms with Gasteiger partial charge in [-0.2, -0.15) is 0 Å². The number of ether oxygens (including phenoxy) is 2. The first-order valence-electron chi connectivity index (χ1n) is 6.18. The minimum atomic E-state index is -3.41. The SMILES string of the molecule is Nc1ccccc1OCCS(=O)(=O)NCCOCCO. The van der Waals surface area contributed by atoms with Crippen molar-refractivity contribution in [2.45, 2.75) is 0 Å². The van der Waals surface area contributed by atoms with Gasteiger partial charge in [-0.05, 0) is 12.1 Å². The summed E-state index contributed by atoms with van der Waals surface area (Å²) in [6.07, 6.45) is 0. The smallest absolute Gasteiger partial charge is 0.215 e. The molecule has 7 nitrogen and oxygen atoms in total. The minimum Gasteiger partial charge on any atom is -0.490 e. The second-order valence-corrected chi connectivity index (χ2v) is 5.86. The monoisotopic (exact) mass is 304 g/mol. The van der Waals surface area contributed by atoms with E-state index in [2.05, 4.69) is 4.72 Å². The maximum Gasteiger partial charge on any atom is 0.215 e. The molecule has 0 atom stereocenters. The molecule has 0 amide bonds. The Balaban J connectivity index is 2.24. The highest BCUT2D eigenvalue weighted by atomic mass is 32.2. The number of benzene rings is 1. The molecule has 114 valence electrons. The Labute approximate surface area is 118 Å². The van der Waals surface area contributed by atoms with Gasteiger partial charge >= 0.3 is 0 Å². The van der Waals surface area contributed by atoms with Crippen molar-refractivity contribution in [1.29, 1.82) is 0 Å². The lowest BCUT2D eigenvalue weighted by atomic mass is 10.3. The molecule has 0 aliphatic rings. The molecule has 1 aromatic rings. The van der Waals surface area contributed by atoms with Gasteiger partial charge in [-0.1, -0.05) is 12.1 Å². The second-order valence-electron chi connectivity index (χ2n) is 3.94. The number of hydrogen-bond donors (Lipinski definition) is 3. The summed E-state index contributed by atoms with van der Waals surface area (Å²) in [6, 6.07) is 6.89. The number of rotatable bonds is 10. The highest BCUT2D eigenvalue weighted by Gasteiger charge is 2.10. The van der Waals surface area contributed by atoms with E-state index in [0.29, 0.717) is 11.4 Å². The Morgan fingerprint density at radius 1 is 1.20 bits per heavy atom. The average Bonchev–Trinajstić information content (AvgIpc) is 2.40. The summed E-state index contributed by atoms with van der Waals surface area (Å²) in [6.45, 7) is 0.500. The molecule has 0 spiro atoms. The van der Waals surface area contributed by atoms with Crippen LogP contribution in [0.4, 0.5) is 5.69 Å². The quantitative estimate of drug-likeness (QED) is 0.400. The van der Waals surface area contributed by atoms with Gasteiger partial charge in [0.1, 0.15) is 12.4 Å². The van der Waals surface area contributed by atoms with E-state index in [1.165, 1.54) is 0 Å². The molecule has 0 aliphatic heterocycles. The molecule has 0 radical (unpaired) electrons. The molecule has 1 aromatic carbocycles. The van der Waals surface area contributed by atoms with Gasteiger partial charge in [-0.25, -0.2) is 13.1 Å². The van der Waals surface area contributed by atoms with Crippen LogP contribution in [0.5, 0.6) is 5.75 Å². The Hall–Kier alpha value is -1.35. The third-order valence-electron chi connectivity index (χ3n) is 2.33. The van der Waals surface area contributed by atoms with Gasteiger partial charge in [0.15, 0.2) is 0 Å². The first kappa shape index (κ1) is 16.7. The summed E-state index contributed by atoms with van der Waals surface area (Å²) >= 11 is 0. The number of nitrogens with two attached hydrogens (primary N) is 1. The highest BCUT2D eigenvalue weighted by Crippen LogP contribution is 2.19. The molecule has 0 aromatic heterocycles. The summed E-state index contributed by atoms with van der Waals surface area (Å²) in [5.74, 6) is 0.301. The van der Waals surface area contributed by atoms with E-state index < -0.39 is 10.0 Å². The fraction of sp³-hybridized carbons (Fsp3) is 0.500. The van der Waals surface area contributed by atoms with E-state index in [1.807, 2.05) is 0 Å². The molecule has 0 bridgehead atoms. The molecule has 20 heavy (non-hydrogen) atoms. The zero-order valence-electron chi connectivity index (χ0n) is 11.1. The number of para-hydroxylation sites is 2. The Kier molecular flexibility index (Phi) is 7.31. The van der Waals surface area contributed by atoms with Gasteiger partial charge in [0, 0.05) is 6.54 Å². The van der Waals surface area contributed by atoms with Crippen molar-refractivity contribution >= 4 is 15.7 Å². The molecule has 0 fully saturated rings. The molecule has 0 unspecified atom stereocenters. The van der Waals surface area contributed by atoms with E-state index in [0.717, 1.165) is 0 Å². The van der Waals surface area contributed by atoms with E-state index in [1.54, 1.807) is 24.3 Å². The van der Waals surface area contributed by atoms with Crippen LogP contribution in [-0.4, -0.2) is 52.2 Å². The number of nitrogen functional groups attached to an aromatic ring is 1. The number of anilines is 1. The summed E-state index contributed by atoms with van der Waals surface area (Å²) < 4.78 is 35.8. The van der Waals surface area contributed by atoms with Crippen molar-refractivity contribution in [3.8, 4) is 5.75 Å². The van der Waals surface area contributed by atoms with Crippen molar-refractivity contribution in [2.75, 3.05) is 44.5 Å². The van der Waals surface area contributed by atoms with Crippen LogP contribution in [0.25, 0.3) is 0 Å². The fourth-order valence-corrected chi connectivity index (χ4v) is 2.22. The zero-order chi connectivity index (χ0) is 14.8. The Bertz CT molecular complexity index is 492. The van der Waals surface area contributed by atoms with Crippen LogP contribution in [0, 0.1) is 0 Å². The largest absolute Gasteiger partial charge is 0.490 e. The number of hydrogen-bond acceptors (Lipinski definition) is 6. The van der Waals surface area contributed by atoms with E-state index in [-0.39, 0.29) is 38.7 Å². The molecular weight excluding hydrogens is 284 g/mol. The first-order valence-corrected chi connectivity index (χ1v) is 7.83. The summed E-state index contributed by atoms with van der Waals surface area (Å²) in [7, 11) is -3.41. The summed E-state index contributed by atoms with van der Waals surface area (Å²) in [5, 5.41) is 8.48. The molecule has 0 saturated carbocycles. The van der Waals surface area contributed by atoms with Crippen molar-refractivity contribution < 1.29 is 23.0 Å². The standard InChI is InChI=1S/C12H20N2O5S/c13-11-3-1-2-4-12(11)19-9-10-20(16,17)14-5-7-18-8-6-15/h1-4,14-15H,5-10,13H2. The molecule has 0 heterocycles. The number of aliphatic hydroxyl groups excluding tert-OH is 1. The van der Waals surface area contributed by atoms with E-state index in [4.69, 9.17) is 20.3 Å². The third kappa shape index (κ3) is 6.71. The Morgan fingerprint density at radius 2 is 1.95 bits per heavy atom. The van der Waals surface area contributed by atoms with Crippen LogP contribution >= 0.6 is 0 Å². The lowest BCUT2D eigenvalue weighted by Gasteiger charge is -2.10. The third-order valence-corrected chi connectivity index (χ3v) is 3.68. The predicted molar refractivity (Wildman–Crippen MR) is 76.0 cm³/mol. The van der Waals surface area contributed by atoms with Crippen LogP contribution in [-0.2, 0) is 14.8 Å². The Morgan fingerprint density at radius 3 is 2.65 bits per heavy atom. The first-order chi connectivity index (χ1) is 9.55. The van der Waals surface area contributed by atoms with Gasteiger partial charge in [-0.3, -0.25) is 0 Å². The lowest BCUT2D eigenvalue weighted by Crippen LogP contribution is -2.32.